The van der Waals surface area contributed by atoms with E-state index in [0.717, 1.165) is 10.6 Å². The van der Waals surface area contributed by atoms with E-state index < -0.39 is 0 Å². The maximum absolute atomic E-state index is 7.58. The molecule has 0 saturated carbocycles. The second kappa shape index (κ2) is 3.86. The Kier molecular flexibility index (Phi) is 2.55. The molecular formula is C10H11N3OS. The summed E-state index contributed by atoms with van der Waals surface area (Å²) >= 11 is 1.63. The zero-order valence-electron chi connectivity index (χ0n) is 8.52. The molecule has 2 aromatic heterocycles. The van der Waals surface area contributed by atoms with Crippen LogP contribution in [0.2, 0.25) is 0 Å². The summed E-state index contributed by atoms with van der Waals surface area (Å²) in [5.74, 6) is 0.132. The van der Waals surface area contributed by atoms with Gasteiger partial charge < -0.3 is 4.74 Å². The Hall–Kier alpha value is -1.62. The molecule has 0 atom stereocenters. The molecule has 0 fully saturated rings. The fourth-order valence-electron chi connectivity index (χ4n) is 1.33. The normalized spacial score (nSPS) is 10.3. The van der Waals surface area contributed by atoms with Crippen molar-refractivity contribution in [1.82, 2.24) is 9.78 Å². The predicted octanol–water partition coefficient (Wildman–Crippen LogP) is 2.12. The summed E-state index contributed by atoms with van der Waals surface area (Å²) in [5, 5.41) is 13.9. The first-order valence-corrected chi connectivity index (χ1v) is 5.31. The molecule has 15 heavy (non-hydrogen) atoms. The summed E-state index contributed by atoms with van der Waals surface area (Å²) in [5.41, 5.74) is 1.56. The molecule has 0 unspecified atom stereocenters. The molecule has 2 rings (SSSR count). The molecule has 0 saturated heterocycles. The van der Waals surface area contributed by atoms with Gasteiger partial charge >= 0.3 is 0 Å². The first kappa shape index (κ1) is 9.92. The van der Waals surface area contributed by atoms with Crippen LogP contribution in [-0.4, -0.2) is 22.8 Å². The van der Waals surface area contributed by atoms with Gasteiger partial charge in [0.15, 0.2) is 0 Å². The Morgan fingerprint density at radius 1 is 1.60 bits per heavy atom. The zero-order chi connectivity index (χ0) is 10.8. The SMILES string of the molecule is COC(=N)c1cc(-c2cccs2)nn1C. The van der Waals surface area contributed by atoms with Crippen molar-refractivity contribution in [2.75, 3.05) is 7.11 Å². The number of aryl methyl sites for hydroxylation is 1. The van der Waals surface area contributed by atoms with Crippen molar-refractivity contribution in [2.45, 2.75) is 0 Å². The third-order valence-corrected chi connectivity index (χ3v) is 2.98. The number of aromatic nitrogens is 2. The van der Waals surface area contributed by atoms with Crippen LogP contribution in [-0.2, 0) is 11.8 Å². The first-order chi connectivity index (χ1) is 7.22. The molecule has 0 aromatic carbocycles. The van der Waals surface area contributed by atoms with Crippen molar-refractivity contribution < 1.29 is 4.74 Å². The van der Waals surface area contributed by atoms with E-state index in [1.54, 1.807) is 23.1 Å². The largest absolute Gasteiger partial charge is 0.480 e. The van der Waals surface area contributed by atoms with Gasteiger partial charge in [0.25, 0.3) is 0 Å². The average molecular weight is 221 g/mol. The molecule has 5 heteroatoms. The molecule has 2 heterocycles. The highest BCUT2D eigenvalue weighted by atomic mass is 32.1. The molecule has 0 amide bonds. The van der Waals surface area contributed by atoms with Gasteiger partial charge in [-0.25, -0.2) is 0 Å². The highest BCUT2D eigenvalue weighted by molar-refractivity contribution is 7.13. The number of ether oxygens (including phenoxy) is 1. The lowest BCUT2D eigenvalue weighted by Gasteiger charge is -2.00. The van der Waals surface area contributed by atoms with Gasteiger partial charge in [-0.2, -0.15) is 5.10 Å². The highest BCUT2D eigenvalue weighted by Gasteiger charge is 2.11. The smallest absolute Gasteiger partial charge is 0.231 e. The van der Waals surface area contributed by atoms with Gasteiger partial charge in [-0.3, -0.25) is 10.1 Å². The van der Waals surface area contributed by atoms with E-state index in [2.05, 4.69) is 5.10 Å². The second-order valence-electron chi connectivity index (χ2n) is 3.05. The molecule has 0 aliphatic heterocycles. The third-order valence-electron chi connectivity index (χ3n) is 2.09. The Balaban J connectivity index is 2.41. The molecule has 0 aliphatic rings. The van der Waals surface area contributed by atoms with Crippen LogP contribution >= 0.6 is 11.3 Å². The van der Waals surface area contributed by atoms with E-state index >= 15 is 0 Å². The number of hydrogen-bond acceptors (Lipinski definition) is 4. The van der Waals surface area contributed by atoms with E-state index in [-0.39, 0.29) is 5.90 Å². The van der Waals surface area contributed by atoms with Gasteiger partial charge in [-0.1, -0.05) is 6.07 Å². The van der Waals surface area contributed by atoms with Crippen molar-refractivity contribution >= 4 is 17.2 Å². The summed E-state index contributed by atoms with van der Waals surface area (Å²) in [6.07, 6.45) is 0. The summed E-state index contributed by atoms with van der Waals surface area (Å²) in [6, 6.07) is 5.85. The summed E-state index contributed by atoms with van der Waals surface area (Å²) in [6.45, 7) is 0. The maximum Gasteiger partial charge on any atom is 0.231 e. The number of hydrogen-bond donors (Lipinski definition) is 1. The maximum atomic E-state index is 7.58. The van der Waals surface area contributed by atoms with Crippen LogP contribution in [0.15, 0.2) is 23.6 Å². The van der Waals surface area contributed by atoms with E-state index in [9.17, 15) is 0 Å². The zero-order valence-corrected chi connectivity index (χ0v) is 9.34. The topological polar surface area (TPSA) is 50.9 Å². The van der Waals surface area contributed by atoms with Crippen molar-refractivity contribution in [1.29, 1.82) is 5.41 Å². The Morgan fingerprint density at radius 3 is 3.00 bits per heavy atom. The van der Waals surface area contributed by atoms with E-state index in [1.165, 1.54) is 7.11 Å². The van der Waals surface area contributed by atoms with Gasteiger partial charge in [-0.05, 0) is 17.5 Å². The van der Waals surface area contributed by atoms with E-state index in [0.29, 0.717) is 5.69 Å². The summed E-state index contributed by atoms with van der Waals surface area (Å²) in [7, 11) is 3.29. The number of nitrogens with zero attached hydrogens (tertiary/aromatic N) is 2. The Morgan fingerprint density at radius 2 is 2.40 bits per heavy atom. The van der Waals surface area contributed by atoms with Crippen molar-refractivity contribution in [3.63, 3.8) is 0 Å². The van der Waals surface area contributed by atoms with E-state index in [1.807, 2.05) is 23.6 Å². The summed E-state index contributed by atoms with van der Waals surface area (Å²) < 4.78 is 6.53. The van der Waals surface area contributed by atoms with Gasteiger partial charge in [0.1, 0.15) is 11.4 Å². The molecule has 2 aromatic rings. The molecule has 0 aliphatic carbocycles. The standard InChI is InChI=1S/C10H11N3OS/c1-13-8(10(11)14-2)6-7(12-13)9-4-3-5-15-9/h3-6,11H,1-2H3. The third kappa shape index (κ3) is 1.78. The fourth-order valence-corrected chi connectivity index (χ4v) is 2.01. The Bertz CT molecular complexity index is 473. The minimum absolute atomic E-state index is 0.132. The number of rotatable bonds is 2. The summed E-state index contributed by atoms with van der Waals surface area (Å²) in [4.78, 5) is 1.10. The van der Waals surface area contributed by atoms with Crippen LogP contribution in [0.3, 0.4) is 0 Å². The van der Waals surface area contributed by atoms with Crippen molar-refractivity contribution in [3.8, 4) is 10.6 Å². The molecule has 0 radical (unpaired) electrons. The monoisotopic (exact) mass is 221 g/mol. The quantitative estimate of drug-likeness (QED) is 0.623. The molecule has 0 spiro atoms. The van der Waals surface area contributed by atoms with Crippen molar-refractivity contribution in [2.24, 2.45) is 7.05 Å². The molecule has 78 valence electrons. The minimum Gasteiger partial charge on any atom is -0.480 e. The van der Waals surface area contributed by atoms with Crippen LogP contribution in [0.1, 0.15) is 5.69 Å². The molecular weight excluding hydrogens is 210 g/mol. The van der Waals surface area contributed by atoms with Crippen LogP contribution in [0, 0.1) is 5.41 Å². The highest BCUT2D eigenvalue weighted by Crippen LogP contribution is 2.23. The molecule has 0 bridgehead atoms. The van der Waals surface area contributed by atoms with Crippen LogP contribution < -0.4 is 0 Å². The van der Waals surface area contributed by atoms with Crippen LogP contribution in [0.5, 0.6) is 0 Å². The molecule has 1 N–H and O–H groups in total. The average Bonchev–Trinajstić information content (AvgIpc) is 2.84. The second-order valence-corrected chi connectivity index (χ2v) is 4.00. The Labute approximate surface area is 91.6 Å². The fraction of sp³-hybridized carbons (Fsp3) is 0.200. The van der Waals surface area contributed by atoms with Gasteiger partial charge in [0.2, 0.25) is 5.90 Å². The van der Waals surface area contributed by atoms with Gasteiger partial charge in [0.05, 0.1) is 12.0 Å². The van der Waals surface area contributed by atoms with Crippen molar-refractivity contribution in [3.05, 3.63) is 29.3 Å². The lowest BCUT2D eigenvalue weighted by atomic mass is 10.3. The predicted molar refractivity (Wildman–Crippen MR) is 60.4 cm³/mol. The van der Waals surface area contributed by atoms with E-state index in [4.69, 9.17) is 10.1 Å². The van der Waals surface area contributed by atoms with Gasteiger partial charge in [-0.15, -0.1) is 11.3 Å². The van der Waals surface area contributed by atoms with Gasteiger partial charge in [0, 0.05) is 7.05 Å². The van der Waals surface area contributed by atoms with Crippen LogP contribution in [0.25, 0.3) is 10.6 Å². The number of thiophene rings is 1. The minimum atomic E-state index is 0.132. The van der Waals surface area contributed by atoms with Crippen LogP contribution in [0.4, 0.5) is 0 Å². The number of methoxy groups -OCH3 is 1. The lowest BCUT2D eigenvalue weighted by Crippen LogP contribution is -2.07. The first-order valence-electron chi connectivity index (χ1n) is 4.43. The molecule has 4 nitrogen and oxygen atoms in total. The lowest BCUT2D eigenvalue weighted by molar-refractivity contribution is 0.397. The number of nitrogens with one attached hydrogen (secondary N) is 1.